The number of nitrogen functional groups attached to an aromatic ring is 1. The minimum Gasteiger partial charge on any atom is -0.467 e. The highest BCUT2D eigenvalue weighted by Gasteiger charge is 2.26. The fourth-order valence-corrected chi connectivity index (χ4v) is 1.85. The number of nitrogens with zero attached hydrogens (tertiary/aromatic N) is 2. The lowest BCUT2D eigenvalue weighted by molar-refractivity contribution is -0.142. The summed E-state index contributed by atoms with van der Waals surface area (Å²) in [6.45, 7) is 9.78. The van der Waals surface area contributed by atoms with Gasteiger partial charge >= 0.3 is 5.97 Å². The zero-order valence-corrected chi connectivity index (χ0v) is 12.5. The van der Waals surface area contributed by atoms with Crippen LogP contribution in [0.5, 0.6) is 0 Å². The lowest BCUT2D eigenvalue weighted by Crippen LogP contribution is -2.36. The third-order valence-corrected chi connectivity index (χ3v) is 3.03. The summed E-state index contributed by atoms with van der Waals surface area (Å²) >= 11 is 0. The Labute approximate surface area is 114 Å². The second kappa shape index (κ2) is 5.95. The molecule has 1 heterocycles. The number of rotatable bonds is 5. The molecule has 1 unspecified atom stereocenters. The number of nitrogens with two attached hydrogens (primary N) is 1. The van der Waals surface area contributed by atoms with Crippen LogP contribution >= 0.6 is 0 Å². The van der Waals surface area contributed by atoms with E-state index < -0.39 is 6.04 Å². The Hall–Kier alpha value is -1.72. The number of anilines is 2. The molecule has 0 amide bonds. The van der Waals surface area contributed by atoms with Gasteiger partial charge < -0.3 is 15.8 Å². The van der Waals surface area contributed by atoms with E-state index in [9.17, 15) is 4.79 Å². The van der Waals surface area contributed by atoms with Crippen LogP contribution in [0.2, 0.25) is 0 Å². The van der Waals surface area contributed by atoms with Crippen molar-refractivity contribution < 1.29 is 9.53 Å². The lowest BCUT2D eigenvalue weighted by Gasteiger charge is -2.22. The van der Waals surface area contributed by atoms with Gasteiger partial charge in [-0.2, -0.15) is 5.10 Å². The van der Waals surface area contributed by atoms with E-state index in [0.29, 0.717) is 11.5 Å². The topological polar surface area (TPSA) is 82.2 Å². The molecule has 0 aliphatic rings. The summed E-state index contributed by atoms with van der Waals surface area (Å²) in [5, 5.41) is 7.55. The molecular formula is C13H24N4O2. The molecule has 1 aromatic heterocycles. The number of esters is 1. The number of hydrogen-bond donors (Lipinski definition) is 2. The maximum atomic E-state index is 11.8. The smallest absolute Gasteiger partial charge is 0.328 e. The van der Waals surface area contributed by atoms with E-state index in [1.807, 2.05) is 34.6 Å². The highest BCUT2D eigenvalue weighted by Crippen LogP contribution is 2.27. The highest BCUT2D eigenvalue weighted by atomic mass is 16.5. The summed E-state index contributed by atoms with van der Waals surface area (Å²) < 4.78 is 6.62. The van der Waals surface area contributed by atoms with Crippen LogP contribution in [0.1, 0.15) is 39.4 Å². The van der Waals surface area contributed by atoms with Gasteiger partial charge in [0, 0.05) is 6.04 Å². The molecule has 0 bridgehead atoms. The molecule has 0 aliphatic heterocycles. The summed E-state index contributed by atoms with van der Waals surface area (Å²) in [6.07, 6.45) is 0. The summed E-state index contributed by atoms with van der Waals surface area (Å²) in [7, 11) is 1.38. The molecule has 6 heteroatoms. The highest BCUT2D eigenvalue weighted by molar-refractivity contribution is 5.81. The number of aromatic nitrogens is 2. The molecule has 1 aromatic rings. The first-order chi connectivity index (χ1) is 8.79. The minimum atomic E-state index is -0.444. The normalized spacial score (nSPS) is 12.8. The summed E-state index contributed by atoms with van der Waals surface area (Å²) in [5.41, 5.74) is 7.36. The fraction of sp³-hybridized carbons (Fsp3) is 0.692. The first-order valence-electron chi connectivity index (χ1n) is 6.48. The summed E-state index contributed by atoms with van der Waals surface area (Å²) in [6, 6.07) is -0.287. The molecule has 3 N–H and O–H groups in total. The number of nitrogens with one attached hydrogen (secondary N) is 1. The van der Waals surface area contributed by atoms with Crippen LogP contribution in [0, 0.1) is 12.8 Å². The van der Waals surface area contributed by atoms with E-state index >= 15 is 0 Å². The molecule has 0 aromatic carbocycles. The van der Waals surface area contributed by atoms with Crippen molar-refractivity contribution in [2.75, 3.05) is 18.2 Å². The van der Waals surface area contributed by atoms with Crippen molar-refractivity contribution in [1.82, 2.24) is 9.78 Å². The Balaban J connectivity index is 3.12. The van der Waals surface area contributed by atoms with Gasteiger partial charge in [0.05, 0.1) is 18.5 Å². The fourth-order valence-electron chi connectivity index (χ4n) is 1.85. The zero-order chi connectivity index (χ0) is 14.7. The first-order valence-corrected chi connectivity index (χ1v) is 6.48. The van der Waals surface area contributed by atoms with E-state index in [0.717, 1.165) is 5.69 Å². The van der Waals surface area contributed by atoms with Gasteiger partial charge in [0.2, 0.25) is 0 Å². The largest absolute Gasteiger partial charge is 0.467 e. The van der Waals surface area contributed by atoms with Gasteiger partial charge in [-0.3, -0.25) is 0 Å². The Morgan fingerprint density at radius 3 is 2.37 bits per heavy atom. The van der Waals surface area contributed by atoms with E-state index in [2.05, 4.69) is 10.4 Å². The number of carbonyl (C=O) groups excluding carboxylic acids is 1. The second-order valence-corrected chi connectivity index (χ2v) is 5.28. The van der Waals surface area contributed by atoms with Crippen molar-refractivity contribution in [3.05, 3.63) is 5.69 Å². The molecule has 1 atom stereocenters. The van der Waals surface area contributed by atoms with Gasteiger partial charge in [-0.05, 0) is 26.7 Å². The van der Waals surface area contributed by atoms with Gasteiger partial charge in [-0.1, -0.05) is 13.8 Å². The SMILES string of the molecule is COC(=O)C(Nc1c(N)c(C)nn1C(C)C)C(C)C. The predicted octanol–water partition coefficient (Wildman–Crippen LogP) is 1.96. The van der Waals surface area contributed by atoms with Gasteiger partial charge in [0.1, 0.15) is 11.9 Å². The summed E-state index contributed by atoms with van der Waals surface area (Å²) in [5.74, 6) is 0.461. The third kappa shape index (κ3) is 3.19. The Morgan fingerprint density at radius 1 is 1.37 bits per heavy atom. The van der Waals surface area contributed by atoms with Gasteiger partial charge in [-0.25, -0.2) is 9.48 Å². The van der Waals surface area contributed by atoms with Gasteiger partial charge in [-0.15, -0.1) is 0 Å². The van der Waals surface area contributed by atoms with Gasteiger partial charge in [0.25, 0.3) is 0 Å². The quantitative estimate of drug-likeness (QED) is 0.798. The van der Waals surface area contributed by atoms with Gasteiger partial charge in [0.15, 0.2) is 0 Å². The van der Waals surface area contributed by atoms with Crippen LogP contribution in [-0.2, 0) is 9.53 Å². The van der Waals surface area contributed by atoms with Crippen LogP contribution < -0.4 is 11.1 Å². The molecule has 0 aliphatic carbocycles. The zero-order valence-electron chi connectivity index (χ0n) is 12.5. The molecule has 0 saturated heterocycles. The molecule has 0 fully saturated rings. The molecule has 0 radical (unpaired) electrons. The average molecular weight is 268 g/mol. The van der Waals surface area contributed by atoms with Crippen molar-refractivity contribution in [2.45, 2.75) is 46.7 Å². The Kier molecular flexibility index (Phi) is 4.80. The Bertz CT molecular complexity index is 452. The predicted molar refractivity (Wildman–Crippen MR) is 76.0 cm³/mol. The Morgan fingerprint density at radius 2 is 1.95 bits per heavy atom. The monoisotopic (exact) mass is 268 g/mol. The van der Waals surface area contributed by atoms with Crippen molar-refractivity contribution in [3.63, 3.8) is 0 Å². The second-order valence-electron chi connectivity index (χ2n) is 5.28. The van der Waals surface area contributed by atoms with Crippen molar-refractivity contribution in [3.8, 4) is 0 Å². The van der Waals surface area contributed by atoms with Crippen molar-refractivity contribution in [2.24, 2.45) is 5.92 Å². The van der Waals surface area contributed by atoms with Crippen LogP contribution in [0.25, 0.3) is 0 Å². The molecule has 19 heavy (non-hydrogen) atoms. The molecule has 0 spiro atoms. The van der Waals surface area contributed by atoms with Crippen LogP contribution in [0.3, 0.4) is 0 Å². The number of carbonyl (C=O) groups is 1. The molecule has 6 nitrogen and oxygen atoms in total. The molecular weight excluding hydrogens is 244 g/mol. The maximum absolute atomic E-state index is 11.8. The van der Waals surface area contributed by atoms with Crippen molar-refractivity contribution >= 4 is 17.5 Å². The van der Waals surface area contributed by atoms with E-state index in [1.54, 1.807) is 4.68 Å². The standard InChI is InChI=1S/C13H24N4O2/c1-7(2)11(13(18)19-6)15-12-10(14)9(5)16-17(12)8(3)4/h7-8,11,15H,14H2,1-6H3. The number of hydrogen-bond acceptors (Lipinski definition) is 5. The minimum absolute atomic E-state index is 0.0858. The molecule has 108 valence electrons. The van der Waals surface area contributed by atoms with Crippen LogP contribution in [-0.4, -0.2) is 28.9 Å². The molecule has 0 saturated carbocycles. The summed E-state index contributed by atoms with van der Waals surface area (Å²) in [4.78, 5) is 11.8. The van der Waals surface area contributed by atoms with E-state index in [1.165, 1.54) is 7.11 Å². The van der Waals surface area contributed by atoms with E-state index in [-0.39, 0.29) is 17.9 Å². The number of ether oxygens (including phenoxy) is 1. The number of aryl methyl sites for hydroxylation is 1. The first kappa shape index (κ1) is 15.3. The van der Waals surface area contributed by atoms with Crippen LogP contribution in [0.15, 0.2) is 0 Å². The lowest BCUT2D eigenvalue weighted by atomic mass is 10.0. The van der Waals surface area contributed by atoms with Crippen molar-refractivity contribution in [1.29, 1.82) is 0 Å². The maximum Gasteiger partial charge on any atom is 0.328 e. The van der Waals surface area contributed by atoms with E-state index in [4.69, 9.17) is 10.5 Å². The third-order valence-electron chi connectivity index (χ3n) is 3.03. The molecule has 1 rings (SSSR count). The average Bonchev–Trinajstić information content (AvgIpc) is 2.62. The number of methoxy groups -OCH3 is 1. The van der Waals surface area contributed by atoms with Crippen LogP contribution in [0.4, 0.5) is 11.5 Å².